The molecule has 1 atom stereocenters. The zero-order valence-corrected chi connectivity index (χ0v) is 17.1. The number of ether oxygens (including phenoxy) is 1. The molecule has 1 aromatic carbocycles. The third-order valence-electron chi connectivity index (χ3n) is 4.62. The Hall–Kier alpha value is -1.64. The van der Waals surface area contributed by atoms with Crippen LogP contribution in [0.4, 0.5) is 0 Å². The Labute approximate surface area is 165 Å². The number of rotatable bonds is 7. The van der Waals surface area contributed by atoms with Crippen LogP contribution < -0.4 is 0 Å². The maximum absolute atomic E-state index is 12.8. The second-order valence-electron chi connectivity index (χ2n) is 6.33. The summed E-state index contributed by atoms with van der Waals surface area (Å²) in [6.07, 6.45) is 1.08. The Bertz CT molecular complexity index is 762. The molecule has 1 saturated heterocycles. The van der Waals surface area contributed by atoms with Gasteiger partial charge in [0.05, 0.1) is 10.8 Å². The first-order valence-electron chi connectivity index (χ1n) is 8.99. The summed E-state index contributed by atoms with van der Waals surface area (Å²) in [4.78, 5) is 26.0. The summed E-state index contributed by atoms with van der Waals surface area (Å²) in [6, 6.07) is 5.93. The molecule has 7 nitrogen and oxygen atoms in total. The number of sulfonamides is 1. The molecular weight excluding hydrogens is 392 g/mol. The van der Waals surface area contributed by atoms with Crippen LogP contribution in [0.1, 0.15) is 26.7 Å². The van der Waals surface area contributed by atoms with Gasteiger partial charge < -0.3 is 9.64 Å². The van der Waals surface area contributed by atoms with E-state index in [2.05, 4.69) is 0 Å². The van der Waals surface area contributed by atoms with Crippen LogP contribution in [0.15, 0.2) is 29.2 Å². The first-order valence-corrected chi connectivity index (χ1v) is 10.8. The highest BCUT2D eigenvalue weighted by molar-refractivity contribution is 7.89. The molecule has 0 bridgehead atoms. The normalized spacial score (nSPS) is 18.1. The summed E-state index contributed by atoms with van der Waals surface area (Å²) in [5.41, 5.74) is 0. The highest BCUT2D eigenvalue weighted by atomic mass is 35.5. The first-order chi connectivity index (χ1) is 12.8. The lowest BCUT2D eigenvalue weighted by atomic mass is 10.00. The number of amides is 1. The molecule has 1 fully saturated rings. The van der Waals surface area contributed by atoms with Crippen LogP contribution in [0.2, 0.25) is 5.02 Å². The highest BCUT2D eigenvalue weighted by Crippen LogP contribution is 2.25. The Kier molecular flexibility index (Phi) is 7.64. The SMILES string of the molecule is CCN(CC)C(=O)COC(=O)C1CCCN(S(=O)(=O)c2ccc(Cl)cc2)C1. The van der Waals surface area contributed by atoms with Crippen molar-refractivity contribution in [1.29, 1.82) is 0 Å². The van der Waals surface area contributed by atoms with Crippen LogP contribution in [0, 0.1) is 5.92 Å². The molecule has 9 heteroatoms. The van der Waals surface area contributed by atoms with Gasteiger partial charge in [-0.15, -0.1) is 0 Å². The number of piperidine rings is 1. The van der Waals surface area contributed by atoms with Gasteiger partial charge in [-0.25, -0.2) is 8.42 Å². The van der Waals surface area contributed by atoms with Crippen molar-refractivity contribution < 1.29 is 22.7 Å². The van der Waals surface area contributed by atoms with E-state index in [1.807, 2.05) is 13.8 Å². The van der Waals surface area contributed by atoms with Gasteiger partial charge in [-0.1, -0.05) is 11.6 Å². The van der Waals surface area contributed by atoms with Crippen LogP contribution in [-0.2, 0) is 24.3 Å². The molecule has 150 valence electrons. The zero-order valence-electron chi connectivity index (χ0n) is 15.6. The summed E-state index contributed by atoms with van der Waals surface area (Å²) < 4.78 is 32.0. The van der Waals surface area contributed by atoms with Gasteiger partial charge in [0, 0.05) is 31.2 Å². The third kappa shape index (κ3) is 5.43. The van der Waals surface area contributed by atoms with E-state index in [0.717, 1.165) is 0 Å². The average molecular weight is 417 g/mol. The lowest BCUT2D eigenvalue weighted by molar-refractivity contribution is -0.156. The monoisotopic (exact) mass is 416 g/mol. The smallest absolute Gasteiger partial charge is 0.310 e. The molecule has 1 aliphatic heterocycles. The number of carbonyl (C=O) groups is 2. The van der Waals surface area contributed by atoms with Crippen LogP contribution in [0.5, 0.6) is 0 Å². The quantitative estimate of drug-likeness (QED) is 0.636. The lowest BCUT2D eigenvalue weighted by Crippen LogP contribution is -2.43. The van der Waals surface area contributed by atoms with Crippen LogP contribution in [0.25, 0.3) is 0 Å². The molecule has 1 aromatic rings. The van der Waals surface area contributed by atoms with Gasteiger partial charge in [-0.3, -0.25) is 9.59 Å². The van der Waals surface area contributed by atoms with Gasteiger partial charge in [0.2, 0.25) is 10.0 Å². The average Bonchev–Trinajstić information content (AvgIpc) is 2.67. The molecular formula is C18H25ClN2O5S. The molecule has 0 saturated carbocycles. The highest BCUT2D eigenvalue weighted by Gasteiger charge is 2.34. The number of benzene rings is 1. The molecule has 0 aromatic heterocycles. The maximum Gasteiger partial charge on any atom is 0.310 e. The number of carbonyl (C=O) groups excluding carboxylic acids is 2. The molecule has 0 radical (unpaired) electrons. The Morgan fingerprint density at radius 3 is 2.44 bits per heavy atom. The minimum atomic E-state index is -3.71. The Morgan fingerprint density at radius 1 is 1.22 bits per heavy atom. The van der Waals surface area contributed by atoms with Crippen molar-refractivity contribution in [1.82, 2.24) is 9.21 Å². The van der Waals surface area contributed by atoms with Crippen LogP contribution in [0.3, 0.4) is 0 Å². The van der Waals surface area contributed by atoms with Crippen molar-refractivity contribution in [2.24, 2.45) is 5.92 Å². The van der Waals surface area contributed by atoms with Gasteiger partial charge >= 0.3 is 5.97 Å². The van der Waals surface area contributed by atoms with Crippen molar-refractivity contribution in [2.45, 2.75) is 31.6 Å². The van der Waals surface area contributed by atoms with Crippen molar-refractivity contribution in [3.05, 3.63) is 29.3 Å². The molecule has 27 heavy (non-hydrogen) atoms. The summed E-state index contributed by atoms with van der Waals surface area (Å²) in [6.45, 7) is 4.86. The molecule has 1 amide bonds. The molecule has 0 spiro atoms. The summed E-state index contributed by atoms with van der Waals surface area (Å²) in [7, 11) is -3.71. The standard InChI is InChI=1S/C18H25ClN2O5S/c1-3-20(4-2)17(22)13-26-18(23)14-6-5-11-21(12-14)27(24,25)16-9-7-15(19)8-10-16/h7-10,14H,3-6,11-13H2,1-2H3. The Balaban J connectivity index is 1.99. The fourth-order valence-electron chi connectivity index (χ4n) is 3.03. The maximum atomic E-state index is 12.8. The van der Waals surface area contributed by atoms with Gasteiger partial charge in [0.1, 0.15) is 0 Å². The first kappa shape index (κ1) is 21.7. The third-order valence-corrected chi connectivity index (χ3v) is 6.75. The predicted octanol–water partition coefficient (Wildman–Crippen LogP) is 2.15. The topological polar surface area (TPSA) is 84.0 Å². The van der Waals surface area contributed by atoms with Gasteiger partial charge in [0.15, 0.2) is 6.61 Å². The number of hydrogen-bond donors (Lipinski definition) is 0. The fraction of sp³-hybridized carbons (Fsp3) is 0.556. The number of nitrogens with zero attached hydrogens (tertiary/aromatic N) is 2. The van der Waals surface area contributed by atoms with Crippen molar-refractivity contribution >= 4 is 33.5 Å². The van der Waals surface area contributed by atoms with Gasteiger partial charge in [0.25, 0.3) is 5.91 Å². The van der Waals surface area contributed by atoms with Crippen molar-refractivity contribution in [2.75, 3.05) is 32.8 Å². The van der Waals surface area contributed by atoms with Gasteiger partial charge in [-0.05, 0) is 51.0 Å². The van der Waals surface area contributed by atoms with E-state index in [-0.39, 0.29) is 24.0 Å². The van der Waals surface area contributed by atoms with E-state index in [4.69, 9.17) is 16.3 Å². The lowest BCUT2D eigenvalue weighted by Gasteiger charge is -2.30. The van der Waals surface area contributed by atoms with Crippen LogP contribution in [-0.4, -0.2) is 62.3 Å². The number of halogens is 1. The summed E-state index contributed by atoms with van der Waals surface area (Å²) in [5, 5.41) is 0.451. The molecule has 1 heterocycles. The van der Waals surface area contributed by atoms with E-state index >= 15 is 0 Å². The predicted molar refractivity (Wildman–Crippen MR) is 102 cm³/mol. The number of esters is 1. The van der Waals surface area contributed by atoms with E-state index in [1.54, 1.807) is 4.90 Å². The number of likely N-dealkylation sites (N-methyl/N-ethyl adjacent to an activating group) is 1. The molecule has 1 aliphatic rings. The fourth-order valence-corrected chi connectivity index (χ4v) is 4.68. The minimum Gasteiger partial charge on any atom is -0.455 e. The zero-order chi connectivity index (χ0) is 20.0. The summed E-state index contributed by atoms with van der Waals surface area (Å²) in [5.74, 6) is -1.37. The van der Waals surface area contributed by atoms with Crippen LogP contribution >= 0.6 is 11.6 Å². The number of hydrogen-bond acceptors (Lipinski definition) is 5. The molecule has 0 aliphatic carbocycles. The van der Waals surface area contributed by atoms with Crippen molar-refractivity contribution in [3.8, 4) is 0 Å². The van der Waals surface area contributed by atoms with Crippen molar-refractivity contribution in [3.63, 3.8) is 0 Å². The second kappa shape index (κ2) is 9.52. The van der Waals surface area contributed by atoms with E-state index in [1.165, 1.54) is 28.6 Å². The Morgan fingerprint density at radius 2 is 1.85 bits per heavy atom. The largest absolute Gasteiger partial charge is 0.455 e. The van der Waals surface area contributed by atoms with E-state index < -0.39 is 21.9 Å². The molecule has 0 N–H and O–H groups in total. The molecule has 2 rings (SSSR count). The second-order valence-corrected chi connectivity index (χ2v) is 8.70. The molecule has 1 unspecified atom stereocenters. The van der Waals surface area contributed by atoms with E-state index in [9.17, 15) is 18.0 Å². The van der Waals surface area contributed by atoms with Gasteiger partial charge in [-0.2, -0.15) is 4.31 Å². The minimum absolute atomic E-state index is 0.0449. The van der Waals surface area contributed by atoms with E-state index in [0.29, 0.717) is 37.5 Å². The summed E-state index contributed by atoms with van der Waals surface area (Å²) >= 11 is 5.82.